The molecule has 0 fully saturated rings. The third kappa shape index (κ3) is 9.55. The zero-order chi connectivity index (χ0) is 8.57. The Morgan fingerprint density at radius 3 is 1.80 bits per heavy atom. The maximum Gasteiger partial charge on any atom is 0.337 e. The van der Waals surface area contributed by atoms with E-state index >= 15 is 0 Å². The van der Waals surface area contributed by atoms with Crippen molar-refractivity contribution < 1.29 is 4.79 Å². The van der Waals surface area contributed by atoms with Crippen LogP contribution in [0.3, 0.4) is 0 Å². The summed E-state index contributed by atoms with van der Waals surface area (Å²) in [5.74, 6) is 3.92. The highest BCUT2D eigenvalue weighted by molar-refractivity contribution is 5.71. The molecule has 8 heteroatoms. The standard InChI is InChI=1S/C2H5N3O2.H2N2O/c1-5(4-7)2(3)6;1-2-3/h1H3,(H2,3,6);(H2,1,3). The lowest BCUT2D eigenvalue weighted by Crippen LogP contribution is -2.26. The fraction of sp³-hybridized carbons (Fsp3) is 0.500. The summed E-state index contributed by atoms with van der Waals surface area (Å²) in [6, 6.07) is -0.852. The summed E-state index contributed by atoms with van der Waals surface area (Å²) in [4.78, 5) is 27.4. The molecule has 0 heterocycles. The zero-order valence-electron chi connectivity index (χ0n) is 5.22. The Bertz CT molecular complexity index is 124. The summed E-state index contributed by atoms with van der Waals surface area (Å²) in [6.07, 6.45) is 0. The maximum atomic E-state index is 9.78. The SMILES string of the molecule is CN(N=O)C(N)=O.NN=O. The van der Waals surface area contributed by atoms with Gasteiger partial charge in [-0.1, -0.05) is 0 Å². The highest BCUT2D eigenvalue weighted by atomic mass is 16.3. The van der Waals surface area contributed by atoms with Crippen LogP contribution in [0, 0.1) is 9.81 Å². The highest BCUT2D eigenvalue weighted by Gasteiger charge is 1.97. The predicted octanol–water partition coefficient (Wildman–Crippen LogP) is -0.695. The Morgan fingerprint density at radius 1 is 1.50 bits per heavy atom. The highest BCUT2D eigenvalue weighted by Crippen LogP contribution is 1.76. The number of nitrogens with two attached hydrogens (primary N) is 2. The van der Waals surface area contributed by atoms with Crippen LogP contribution in [0.5, 0.6) is 0 Å². The third-order valence-corrected chi connectivity index (χ3v) is 0.441. The van der Waals surface area contributed by atoms with Crippen molar-refractivity contribution in [2.24, 2.45) is 22.1 Å². The maximum absolute atomic E-state index is 9.78. The molecule has 0 aromatic heterocycles. The first-order valence-electron chi connectivity index (χ1n) is 1.99. The molecular formula is C2H7N5O3. The Hall–Kier alpha value is -1.73. The van der Waals surface area contributed by atoms with Crippen LogP contribution in [-0.2, 0) is 0 Å². The van der Waals surface area contributed by atoms with E-state index in [4.69, 9.17) is 4.91 Å². The van der Waals surface area contributed by atoms with Crippen molar-refractivity contribution in [3.63, 3.8) is 0 Å². The second-order valence-electron chi connectivity index (χ2n) is 1.05. The van der Waals surface area contributed by atoms with Crippen LogP contribution in [0.4, 0.5) is 4.79 Å². The van der Waals surface area contributed by atoms with Gasteiger partial charge in [-0.3, -0.25) is 5.84 Å². The van der Waals surface area contributed by atoms with Crippen molar-refractivity contribution in [2.75, 3.05) is 7.05 Å². The minimum absolute atomic E-state index is 0.500. The first-order chi connectivity index (χ1) is 4.59. The molecular weight excluding hydrogens is 142 g/mol. The quantitative estimate of drug-likeness (QED) is 0.290. The average molecular weight is 149 g/mol. The number of urea groups is 1. The molecule has 0 rings (SSSR count). The largest absolute Gasteiger partial charge is 0.350 e. The number of amides is 2. The number of hydrogen-bond donors (Lipinski definition) is 2. The molecule has 0 aliphatic heterocycles. The second-order valence-corrected chi connectivity index (χ2v) is 1.05. The van der Waals surface area contributed by atoms with Gasteiger partial charge in [0.1, 0.15) is 0 Å². The Labute approximate surface area is 56.0 Å². The second kappa shape index (κ2) is 7.27. The van der Waals surface area contributed by atoms with Crippen LogP contribution in [0.1, 0.15) is 0 Å². The molecule has 0 bridgehead atoms. The lowest BCUT2D eigenvalue weighted by molar-refractivity contribution is 0.220. The van der Waals surface area contributed by atoms with Crippen molar-refractivity contribution in [1.82, 2.24) is 5.01 Å². The number of nitroso groups, excluding NO2 is 2. The van der Waals surface area contributed by atoms with Crippen molar-refractivity contribution >= 4 is 6.03 Å². The Balaban J connectivity index is 0. The minimum Gasteiger partial charge on any atom is -0.350 e. The molecule has 0 aliphatic carbocycles. The topological polar surface area (TPSA) is 131 Å². The number of carbonyl (C=O) groups is 1. The molecule has 0 spiro atoms. The summed E-state index contributed by atoms with van der Waals surface area (Å²) in [7, 11) is 1.18. The van der Waals surface area contributed by atoms with E-state index in [-0.39, 0.29) is 0 Å². The number of nitrogens with zero attached hydrogens (tertiary/aromatic N) is 3. The van der Waals surface area contributed by atoms with Gasteiger partial charge in [0.05, 0.1) is 5.29 Å². The number of carbonyl (C=O) groups excluding carboxylic acids is 1. The summed E-state index contributed by atoms with van der Waals surface area (Å²) < 4.78 is 0. The van der Waals surface area contributed by atoms with Gasteiger partial charge in [-0.2, -0.15) is 5.01 Å². The van der Waals surface area contributed by atoms with E-state index in [0.717, 1.165) is 0 Å². The van der Waals surface area contributed by atoms with Crippen LogP contribution in [-0.4, -0.2) is 18.1 Å². The minimum atomic E-state index is -0.852. The van der Waals surface area contributed by atoms with Crippen molar-refractivity contribution in [1.29, 1.82) is 0 Å². The van der Waals surface area contributed by atoms with Gasteiger partial charge in [0.15, 0.2) is 0 Å². The molecule has 0 atom stereocenters. The third-order valence-electron chi connectivity index (χ3n) is 0.441. The number of hydrogen-bond acceptors (Lipinski definition) is 5. The monoisotopic (exact) mass is 149 g/mol. The summed E-state index contributed by atoms with van der Waals surface area (Å²) >= 11 is 0. The van der Waals surface area contributed by atoms with Gasteiger partial charge in [0, 0.05) is 12.3 Å². The Morgan fingerprint density at radius 2 is 1.80 bits per heavy atom. The van der Waals surface area contributed by atoms with Crippen LogP contribution >= 0.6 is 0 Å². The van der Waals surface area contributed by atoms with Crippen LogP contribution in [0.2, 0.25) is 0 Å². The Kier molecular flexibility index (Phi) is 8.08. The van der Waals surface area contributed by atoms with Gasteiger partial charge in [0.2, 0.25) is 0 Å². The molecule has 10 heavy (non-hydrogen) atoms. The molecule has 2 amide bonds. The van der Waals surface area contributed by atoms with Crippen molar-refractivity contribution in [3.8, 4) is 0 Å². The van der Waals surface area contributed by atoms with Crippen LogP contribution in [0.15, 0.2) is 10.6 Å². The fourth-order valence-electron chi connectivity index (χ4n) is 0.0402. The lowest BCUT2D eigenvalue weighted by atomic mass is 11.0. The zero-order valence-corrected chi connectivity index (χ0v) is 5.22. The van der Waals surface area contributed by atoms with Gasteiger partial charge in [0.25, 0.3) is 0 Å². The van der Waals surface area contributed by atoms with E-state index < -0.39 is 6.03 Å². The summed E-state index contributed by atoms with van der Waals surface area (Å²) in [5.41, 5.74) is 4.54. The number of rotatable bonds is 1. The van der Waals surface area contributed by atoms with Gasteiger partial charge >= 0.3 is 6.03 Å². The average Bonchev–Trinajstić information content (AvgIpc) is 1.88. The molecule has 0 radical (unpaired) electrons. The molecule has 58 valence electrons. The fourth-order valence-corrected chi connectivity index (χ4v) is 0.0402. The van der Waals surface area contributed by atoms with E-state index in [2.05, 4.69) is 16.9 Å². The lowest BCUT2D eigenvalue weighted by Gasteiger charge is -1.97. The van der Waals surface area contributed by atoms with E-state index in [1.54, 1.807) is 5.29 Å². The van der Waals surface area contributed by atoms with E-state index in [0.29, 0.717) is 5.01 Å². The van der Waals surface area contributed by atoms with Gasteiger partial charge in [-0.15, -0.1) is 9.81 Å². The molecule has 0 saturated heterocycles. The molecule has 0 saturated carbocycles. The smallest absolute Gasteiger partial charge is 0.337 e. The molecule has 0 aliphatic rings. The van der Waals surface area contributed by atoms with Gasteiger partial charge < -0.3 is 5.73 Å². The van der Waals surface area contributed by atoms with E-state index in [1.807, 2.05) is 0 Å². The van der Waals surface area contributed by atoms with Crippen LogP contribution < -0.4 is 11.6 Å². The molecule has 8 nitrogen and oxygen atoms in total. The number of primary amides is 1. The van der Waals surface area contributed by atoms with Crippen LogP contribution in [0.25, 0.3) is 0 Å². The first kappa shape index (κ1) is 11.1. The molecule has 0 aromatic rings. The summed E-state index contributed by atoms with van der Waals surface area (Å²) in [6.45, 7) is 0. The van der Waals surface area contributed by atoms with Gasteiger partial charge in [-0.25, -0.2) is 4.79 Å². The van der Waals surface area contributed by atoms with Crippen molar-refractivity contribution in [3.05, 3.63) is 9.81 Å². The van der Waals surface area contributed by atoms with Gasteiger partial charge in [-0.05, 0) is 0 Å². The molecule has 0 aromatic carbocycles. The predicted molar refractivity (Wildman–Crippen MR) is 33.1 cm³/mol. The van der Waals surface area contributed by atoms with E-state index in [9.17, 15) is 9.70 Å². The molecule has 4 N–H and O–H groups in total. The normalized spacial score (nSPS) is 6.50. The first-order valence-corrected chi connectivity index (χ1v) is 1.99. The molecule has 0 unspecified atom stereocenters. The van der Waals surface area contributed by atoms with E-state index in [1.165, 1.54) is 7.05 Å². The summed E-state index contributed by atoms with van der Waals surface area (Å²) in [5, 5.41) is 4.45. The van der Waals surface area contributed by atoms with Crippen molar-refractivity contribution in [2.45, 2.75) is 0 Å².